The molecule has 1 aliphatic heterocycles. The van der Waals surface area contributed by atoms with E-state index >= 15 is 0 Å². The highest BCUT2D eigenvalue weighted by atomic mass is 35.5. The molecule has 0 atom stereocenters. The summed E-state index contributed by atoms with van der Waals surface area (Å²) in [6, 6.07) is 0. The van der Waals surface area contributed by atoms with E-state index < -0.39 is 0 Å². The second-order valence-electron chi connectivity index (χ2n) is 5.41. The first-order valence-electron chi connectivity index (χ1n) is 8.01. The number of rotatable bonds is 7. The standard InChI is InChI=1S/C15H24ClN5O2/c1-3-17-13-12(16)19-11(15(20-13)23-2)14(22)18-7-10-21-8-5-4-6-9-21/h3-10H2,1-2H3,(H,17,20)(H,18,22). The number of halogens is 1. The van der Waals surface area contributed by atoms with E-state index in [1.54, 1.807) is 0 Å². The van der Waals surface area contributed by atoms with Gasteiger partial charge in [-0.05, 0) is 32.9 Å². The molecule has 1 aromatic rings. The van der Waals surface area contributed by atoms with Crippen LogP contribution in [0.2, 0.25) is 5.15 Å². The SMILES string of the molecule is CCNc1nc(OC)c(C(=O)NCCN2CCCCC2)nc1Cl. The second-order valence-corrected chi connectivity index (χ2v) is 5.77. The highest BCUT2D eigenvalue weighted by molar-refractivity contribution is 6.31. The van der Waals surface area contributed by atoms with Gasteiger partial charge in [0.15, 0.2) is 16.7 Å². The third-order valence-corrected chi connectivity index (χ3v) is 4.00. The lowest BCUT2D eigenvalue weighted by molar-refractivity contribution is 0.0937. The summed E-state index contributed by atoms with van der Waals surface area (Å²) in [5.74, 6) is 0.257. The molecule has 0 aliphatic carbocycles. The Balaban J connectivity index is 1.96. The smallest absolute Gasteiger partial charge is 0.275 e. The Bertz CT molecular complexity index is 535. The van der Waals surface area contributed by atoms with Crippen LogP contribution in [-0.4, -0.2) is 60.6 Å². The minimum Gasteiger partial charge on any atom is -0.479 e. The van der Waals surface area contributed by atoms with Gasteiger partial charge in [-0.1, -0.05) is 18.0 Å². The number of ether oxygens (including phenoxy) is 1. The number of hydrogen-bond acceptors (Lipinski definition) is 6. The predicted molar refractivity (Wildman–Crippen MR) is 90.4 cm³/mol. The summed E-state index contributed by atoms with van der Waals surface area (Å²) in [5.41, 5.74) is 0.109. The van der Waals surface area contributed by atoms with Crippen molar-refractivity contribution in [2.75, 3.05) is 45.2 Å². The van der Waals surface area contributed by atoms with Crippen LogP contribution in [0.1, 0.15) is 36.7 Å². The monoisotopic (exact) mass is 341 g/mol. The molecule has 8 heteroatoms. The maximum Gasteiger partial charge on any atom is 0.275 e. The van der Waals surface area contributed by atoms with Gasteiger partial charge in [0.05, 0.1) is 7.11 Å². The molecule has 2 heterocycles. The van der Waals surface area contributed by atoms with Crippen molar-refractivity contribution >= 4 is 23.3 Å². The first-order chi connectivity index (χ1) is 11.2. The van der Waals surface area contributed by atoms with Crippen molar-refractivity contribution in [3.05, 3.63) is 10.8 Å². The number of hydrogen-bond donors (Lipinski definition) is 2. The summed E-state index contributed by atoms with van der Waals surface area (Å²) >= 11 is 6.06. The van der Waals surface area contributed by atoms with Gasteiger partial charge in [0.2, 0.25) is 5.88 Å². The van der Waals surface area contributed by atoms with Gasteiger partial charge in [0.1, 0.15) is 0 Å². The van der Waals surface area contributed by atoms with Crippen molar-refractivity contribution in [1.82, 2.24) is 20.2 Å². The summed E-state index contributed by atoms with van der Waals surface area (Å²) in [6.45, 7) is 6.18. The molecule has 23 heavy (non-hydrogen) atoms. The van der Waals surface area contributed by atoms with Crippen molar-refractivity contribution in [2.45, 2.75) is 26.2 Å². The lowest BCUT2D eigenvalue weighted by Gasteiger charge is -2.26. The summed E-state index contributed by atoms with van der Waals surface area (Å²) in [5, 5.41) is 6.00. The van der Waals surface area contributed by atoms with E-state index in [0.29, 0.717) is 18.9 Å². The zero-order chi connectivity index (χ0) is 16.7. The molecule has 0 unspecified atom stereocenters. The van der Waals surface area contributed by atoms with E-state index in [9.17, 15) is 4.79 Å². The minimum absolute atomic E-state index is 0.109. The molecule has 0 bridgehead atoms. The Morgan fingerprint density at radius 3 is 2.70 bits per heavy atom. The number of carbonyl (C=O) groups excluding carboxylic acids is 1. The molecular formula is C15H24ClN5O2. The molecule has 0 aromatic carbocycles. The molecule has 1 aromatic heterocycles. The first-order valence-corrected chi connectivity index (χ1v) is 8.39. The van der Waals surface area contributed by atoms with Crippen LogP contribution >= 0.6 is 11.6 Å². The summed E-state index contributed by atoms with van der Waals surface area (Å²) < 4.78 is 5.16. The van der Waals surface area contributed by atoms with Gasteiger partial charge in [-0.25, -0.2) is 4.98 Å². The summed E-state index contributed by atoms with van der Waals surface area (Å²) in [4.78, 5) is 23.0. The van der Waals surface area contributed by atoms with Gasteiger partial charge >= 0.3 is 0 Å². The van der Waals surface area contributed by atoms with E-state index in [2.05, 4.69) is 25.5 Å². The molecule has 7 nitrogen and oxygen atoms in total. The molecular weight excluding hydrogens is 318 g/mol. The van der Waals surface area contributed by atoms with Gasteiger partial charge < -0.3 is 20.3 Å². The molecule has 0 saturated carbocycles. The zero-order valence-corrected chi connectivity index (χ0v) is 14.4. The van der Waals surface area contributed by atoms with Crippen LogP contribution in [0.4, 0.5) is 5.82 Å². The second kappa shape index (κ2) is 8.88. The normalized spacial score (nSPS) is 15.3. The van der Waals surface area contributed by atoms with Crippen molar-refractivity contribution in [1.29, 1.82) is 0 Å². The van der Waals surface area contributed by atoms with Crippen LogP contribution in [0.25, 0.3) is 0 Å². The lowest BCUT2D eigenvalue weighted by atomic mass is 10.1. The Kier molecular flexibility index (Phi) is 6.85. The highest BCUT2D eigenvalue weighted by Gasteiger charge is 2.19. The number of methoxy groups -OCH3 is 1. The number of anilines is 1. The van der Waals surface area contributed by atoms with Gasteiger partial charge in [-0.3, -0.25) is 4.79 Å². The average Bonchev–Trinajstić information content (AvgIpc) is 2.57. The van der Waals surface area contributed by atoms with E-state index in [1.165, 1.54) is 26.4 Å². The van der Waals surface area contributed by atoms with Gasteiger partial charge in [-0.2, -0.15) is 4.98 Å². The molecule has 1 saturated heterocycles. The maximum absolute atomic E-state index is 12.3. The van der Waals surface area contributed by atoms with Crippen LogP contribution in [0.15, 0.2) is 0 Å². The summed E-state index contributed by atoms with van der Waals surface area (Å²) in [7, 11) is 1.46. The van der Waals surface area contributed by atoms with Gasteiger partial charge in [0, 0.05) is 19.6 Å². The number of piperidine rings is 1. The van der Waals surface area contributed by atoms with Crippen LogP contribution in [0, 0.1) is 0 Å². The van der Waals surface area contributed by atoms with Crippen LogP contribution < -0.4 is 15.4 Å². The van der Waals surface area contributed by atoms with Crippen molar-refractivity contribution in [3.8, 4) is 5.88 Å². The fourth-order valence-electron chi connectivity index (χ4n) is 2.56. The van der Waals surface area contributed by atoms with E-state index in [1.807, 2.05) is 6.92 Å². The Morgan fingerprint density at radius 1 is 1.30 bits per heavy atom. The molecule has 1 fully saturated rings. The van der Waals surface area contributed by atoms with Crippen molar-refractivity contribution in [3.63, 3.8) is 0 Å². The molecule has 1 amide bonds. The van der Waals surface area contributed by atoms with Gasteiger partial charge in [-0.15, -0.1) is 0 Å². The Labute approximate surface area is 141 Å². The van der Waals surface area contributed by atoms with Crippen molar-refractivity contribution < 1.29 is 9.53 Å². The van der Waals surface area contributed by atoms with E-state index in [-0.39, 0.29) is 22.6 Å². The number of likely N-dealkylation sites (tertiary alicyclic amines) is 1. The number of carbonyl (C=O) groups is 1. The van der Waals surface area contributed by atoms with Crippen LogP contribution in [-0.2, 0) is 0 Å². The number of nitrogens with one attached hydrogen (secondary N) is 2. The fourth-order valence-corrected chi connectivity index (χ4v) is 2.76. The minimum atomic E-state index is -0.323. The average molecular weight is 342 g/mol. The zero-order valence-electron chi connectivity index (χ0n) is 13.7. The first kappa shape index (κ1) is 17.7. The van der Waals surface area contributed by atoms with Crippen LogP contribution in [0.3, 0.4) is 0 Å². The van der Waals surface area contributed by atoms with E-state index in [0.717, 1.165) is 19.6 Å². The quantitative estimate of drug-likeness (QED) is 0.787. The molecule has 1 aliphatic rings. The number of amides is 1. The Hall–Kier alpha value is -1.60. The summed E-state index contributed by atoms with van der Waals surface area (Å²) in [6.07, 6.45) is 3.76. The fraction of sp³-hybridized carbons (Fsp3) is 0.667. The predicted octanol–water partition coefficient (Wildman–Crippen LogP) is 1.79. The molecule has 2 N–H and O–H groups in total. The Morgan fingerprint density at radius 2 is 2.04 bits per heavy atom. The van der Waals surface area contributed by atoms with Crippen LogP contribution in [0.5, 0.6) is 5.88 Å². The van der Waals surface area contributed by atoms with Gasteiger partial charge in [0.25, 0.3) is 5.91 Å². The number of nitrogens with zero attached hydrogens (tertiary/aromatic N) is 3. The molecule has 0 radical (unpaired) electrons. The third-order valence-electron chi connectivity index (χ3n) is 3.74. The topological polar surface area (TPSA) is 79.4 Å². The highest BCUT2D eigenvalue weighted by Crippen LogP contribution is 2.23. The number of aromatic nitrogens is 2. The molecule has 128 valence electrons. The molecule has 2 rings (SSSR count). The van der Waals surface area contributed by atoms with E-state index in [4.69, 9.17) is 16.3 Å². The third kappa shape index (κ3) is 4.94. The maximum atomic E-state index is 12.3. The largest absolute Gasteiger partial charge is 0.479 e. The lowest BCUT2D eigenvalue weighted by Crippen LogP contribution is -2.38. The van der Waals surface area contributed by atoms with Crippen molar-refractivity contribution in [2.24, 2.45) is 0 Å². The molecule has 0 spiro atoms.